The van der Waals surface area contributed by atoms with Crippen molar-refractivity contribution in [3.05, 3.63) is 66.2 Å². The Morgan fingerprint density at radius 1 is 1.03 bits per heavy atom. The number of piperazine rings is 1. The molecule has 1 fully saturated rings. The monoisotopic (exact) mass is 482 g/mol. The molecule has 0 atom stereocenters. The number of rotatable bonds is 4. The lowest BCUT2D eigenvalue weighted by Gasteiger charge is -2.28. The molecule has 0 radical (unpaired) electrons. The summed E-state index contributed by atoms with van der Waals surface area (Å²) in [6.45, 7) is 3.48. The molecular formula is C23H21F3N8O. The molecule has 12 heteroatoms. The first kappa shape index (κ1) is 22.6. The second kappa shape index (κ2) is 8.87. The molecule has 0 unspecified atom stereocenters. The molecule has 4 aromatic heterocycles. The molecule has 5 rings (SSSR count). The van der Waals surface area contributed by atoms with E-state index in [-0.39, 0.29) is 11.5 Å². The van der Waals surface area contributed by atoms with Gasteiger partial charge in [-0.15, -0.1) is 0 Å². The number of pyridine rings is 3. The zero-order valence-electron chi connectivity index (χ0n) is 18.4. The lowest BCUT2D eigenvalue weighted by molar-refractivity contribution is -0.137. The molecule has 5 heterocycles. The Morgan fingerprint density at radius 3 is 2.54 bits per heavy atom. The number of halogens is 3. The van der Waals surface area contributed by atoms with Gasteiger partial charge in [0.2, 0.25) is 0 Å². The molecule has 0 bridgehead atoms. The minimum Gasteiger partial charge on any atom is -0.383 e. The highest BCUT2D eigenvalue weighted by molar-refractivity contribution is 6.03. The van der Waals surface area contributed by atoms with Crippen molar-refractivity contribution in [2.75, 3.05) is 42.1 Å². The minimum absolute atomic E-state index is 0.253. The van der Waals surface area contributed by atoms with Gasteiger partial charge < -0.3 is 25.7 Å². The number of nitrogens with two attached hydrogens (primary N) is 1. The van der Waals surface area contributed by atoms with Gasteiger partial charge in [-0.3, -0.25) is 4.79 Å². The van der Waals surface area contributed by atoms with Gasteiger partial charge in [0.25, 0.3) is 5.91 Å². The quantitative estimate of drug-likeness (QED) is 0.410. The van der Waals surface area contributed by atoms with Crippen LogP contribution in [0, 0.1) is 0 Å². The smallest absolute Gasteiger partial charge is 0.383 e. The number of carbonyl (C=O) groups is 1. The van der Waals surface area contributed by atoms with E-state index in [1.165, 1.54) is 12.4 Å². The van der Waals surface area contributed by atoms with E-state index < -0.39 is 17.6 Å². The Labute approximate surface area is 197 Å². The minimum atomic E-state index is -4.61. The zero-order chi connectivity index (χ0) is 24.6. The maximum absolute atomic E-state index is 13.2. The van der Waals surface area contributed by atoms with Crippen molar-refractivity contribution in [1.29, 1.82) is 0 Å². The van der Waals surface area contributed by atoms with Gasteiger partial charge in [0.1, 0.15) is 17.3 Å². The van der Waals surface area contributed by atoms with E-state index in [0.717, 1.165) is 38.1 Å². The van der Waals surface area contributed by atoms with Crippen molar-refractivity contribution in [1.82, 2.24) is 24.7 Å². The number of imidazole rings is 1. The standard InChI is InChI=1S/C23H21F3N8O/c24-23(25,26)17-9-16(11-30-21(17)27)15-2-4-20-31-18(13-34(20)12-15)32-22(35)14-1-3-19(29-10-14)33-7-5-28-6-8-33/h1-4,9-13,28H,5-8H2,(H2,27,30)(H,32,35). The molecular weight excluding hydrogens is 461 g/mol. The zero-order valence-corrected chi connectivity index (χ0v) is 18.4. The number of amides is 1. The maximum Gasteiger partial charge on any atom is 0.419 e. The number of alkyl halides is 3. The van der Waals surface area contributed by atoms with E-state index in [9.17, 15) is 18.0 Å². The Hall–Kier alpha value is -4.19. The topological polar surface area (TPSA) is 113 Å². The van der Waals surface area contributed by atoms with Crippen LogP contribution in [0.3, 0.4) is 0 Å². The number of nitrogen functional groups attached to an aromatic ring is 1. The second-order valence-electron chi connectivity index (χ2n) is 8.06. The van der Waals surface area contributed by atoms with Crippen LogP contribution in [0.2, 0.25) is 0 Å². The molecule has 180 valence electrons. The highest BCUT2D eigenvalue weighted by Crippen LogP contribution is 2.35. The van der Waals surface area contributed by atoms with E-state index in [2.05, 4.69) is 30.5 Å². The van der Waals surface area contributed by atoms with Crippen LogP contribution in [0.1, 0.15) is 15.9 Å². The number of carbonyl (C=O) groups excluding carboxylic acids is 1. The van der Waals surface area contributed by atoms with Gasteiger partial charge in [-0.05, 0) is 30.3 Å². The summed E-state index contributed by atoms with van der Waals surface area (Å²) in [6, 6.07) is 7.74. The summed E-state index contributed by atoms with van der Waals surface area (Å²) >= 11 is 0. The van der Waals surface area contributed by atoms with Crippen LogP contribution < -0.4 is 21.3 Å². The molecule has 9 nitrogen and oxygen atoms in total. The third-order valence-electron chi connectivity index (χ3n) is 5.70. The molecule has 0 spiro atoms. The maximum atomic E-state index is 13.2. The van der Waals surface area contributed by atoms with Gasteiger partial charge in [0.05, 0.1) is 17.3 Å². The van der Waals surface area contributed by atoms with E-state index >= 15 is 0 Å². The first-order valence-electron chi connectivity index (χ1n) is 10.8. The average molecular weight is 482 g/mol. The average Bonchev–Trinajstić information content (AvgIpc) is 3.25. The normalized spacial score (nSPS) is 14.3. The predicted octanol–water partition coefficient (Wildman–Crippen LogP) is 3.05. The SMILES string of the molecule is Nc1ncc(-c2ccc3nc(NC(=O)c4ccc(N5CCNCC5)nc4)cn3c2)cc1C(F)(F)F. The Kier molecular flexibility index (Phi) is 5.73. The van der Waals surface area contributed by atoms with Gasteiger partial charge in [-0.2, -0.15) is 13.2 Å². The number of nitrogens with one attached hydrogen (secondary N) is 2. The highest BCUT2D eigenvalue weighted by Gasteiger charge is 2.34. The van der Waals surface area contributed by atoms with Crippen molar-refractivity contribution in [2.45, 2.75) is 6.18 Å². The van der Waals surface area contributed by atoms with Gasteiger partial charge >= 0.3 is 6.18 Å². The second-order valence-corrected chi connectivity index (χ2v) is 8.06. The summed E-state index contributed by atoms with van der Waals surface area (Å²) in [4.78, 5) is 27.3. The van der Waals surface area contributed by atoms with Crippen LogP contribution in [0.4, 0.5) is 30.6 Å². The molecule has 35 heavy (non-hydrogen) atoms. The molecule has 1 amide bonds. The predicted molar refractivity (Wildman–Crippen MR) is 125 cm³/mol. The molecule has 4 aromatic rings. The van der Waals surface area contributed by atoms with Gasteiger partial charge in [0, 0.05) is 55.9 Å². The van der Waals surface area contributed by atoms with Gasteiger partial charge in [0.15, 0.2) is 5.82 Å². The van der Waals surface area contributed by atoms with Gasteiger partial charge in [-0.1, -0.05) is 0 Å². The number of hydrogen-bond acceptors (Lipinski definition) is 7. The fraction of sp³-hybridized carbons (Fsp3) is 0.217. The number of anilines is 3. The first-order chi connectivity index (χ1) is 16.8. The summed E-state index contributed by atoms with van der Waals surface area (Å²) in [5.74, 6) is 0.162. The van der Waals surface area contributed by atoms with E-state index in [1.807, 2.05) is 6.07 Å². The number of fused-ring (bicyclic) bond motifs is 1. The molecule has 0 saturated carbocycles. The van der Waals surface area contributed by atoms with Crippen molar-refractivity contribution in [3.63, 3.8) is 0 Å². The van der Waals surface area contributed by atoms with Crippen LogP contribution >= 0.6 is 0 Å². The Balaban J connectivity index is 1.34. The summed E-state index contributed by atoms with van der Waals surface area (Å²) in [6.07, 6.45) is 1.38. The van der Waals surface area contributed by atoms with Crippen LogP contribution in [0.5, 0.6) is 0 Å². The third kappa shape index (κ3) is 4.73. The third-order valence-corrected chi connectivity index (χ3v) is 5.70. The summed E-state index contributed by atoms with van der Waals surface area (Å²) in [5, 5.41) is 6.01. The highest BCUT2D eigenvalue weighted by atomic mass is 19.4. The molecule has 0 aromatic carbocycles. The number of nitrogens with zero attached hydrogens (tertiary/aromatic N) is 5. The van der Waals surface area contributed by atoms with E-state index in [4.69, 9.17) is 5.73 Å². The lowest BCUT2D eigenvalue weighted by Crippen LogP contribution is -2.43. The van der Waals surface area contributed by atoms with Crippen LogP contribution in [-0.4, -0.2) is 51.4 Å². The fourth-order valence-electron chi connectivity index (χ4n) is 3.87. The van der Waals surface area contributed by atoms with Crippen molar-refractivity contribution >= 4 is 29.0 Å². The fourth-order valence-corrected chi connectivity index (χ4v) is 3.87. The lowest BCUT2D eigenvalue weighted by atomic mass is 10.1. The molecule has 1 saturated heterocycles. The summed E-state index contributed by atoms with van der Waals surface area (Å²) in [5.41, 5.74) is 6.03. The Morgan fingerprint density at radius 2 is 1.83 bits per heavy atom. The van der Waals surface area contributed by atoms with Crippen molar-refractivity contribution in [2.24, 2.45) is 0 Å². The van der Waals surface area contributed by atoms with Gasteiger partial charge in [-0.25, -0.2) is 15.0 Å². The largest absolute Gasteiger partial charge is 0.419 e. The molecule has 1 aliphatic heterocycles. The summed E-state index contributed by atoms with van der Waals surface area (Å²) in [7, 11) is 0. The number of hydrogen-bond donors (Lipinski definition) is 3. The molecule has 1 aliphatic rings. The van der Waals surface area contributed by atoms with Crippen molar-refractivity contribution < 1.29 is 18.0 Å². The van der Waals surface area contributed by atoms with Crippen LogP contribution in [0.15, 0.2) is 55.1 Å². The first-order valence-corrected chi connectivity index (χ1v) is 10.8. The van der Waals surface area contributed by atoms with Crippen LogP contribution in [0.25, 0.3) is 16.8 Å². The summed E-state index contributed by atoms with van der Waals surface area (Å²) < 4.78 is 41.2. The van der Waals surface area contributed by atoms with E-state index in [0.29, 0.717) is 22.6 Å². The number of aromatic nitrogens is 4. The van der Waals surface area contributed by atoms with E-state index in [1.54, 1.807) is 35.0 Å². The van der Waals surface area contributed by atoms with Crippen LogP contribution in [-0.2, 0) is 6.18 Å². The Bertz CT molecular complexity index is 1380. The van der Waals surface area contributed by atoms with Crippen molar-refractivity contribution in [3.8, 4) is 11.1 Å². The molecule has 0 aliphatic carbocycles. The molecule has 4 N–H and O–H groups in total.